The lowest BCUT2D eigenvalue weighted by Crippen LogP contribution is -2.29. The molecule has 2 heterocycles. The first-order valence-corrected chi connectivity index (χ1v) is 10.0. The molecular weight excluding hydrogens is 348 g/mol. The monoisotopic (exact) mass is 368 g/mol. The number of sulfonamides is 1. The van der Waals surface area contributed by atoms with Crippen molar-refractivity contribution in [2.75, 3.05) is 13.1 Å². The first-order chi connectivity index (χ1) is 12.5. The van der Waals surface area contributed by atoms with E-state index in [1.807, 2.05) is 31.2 Å². The summed E-state index contributed by atoms with van der Waals surface area (Å²) in [5.74, 6) is 0. The highest BCUT2D eigenvalue weighted by Gasteiger charge is 2.33. The molecule has 6 nitrogen and oxygen atoms in total. The molecule has 0 saturated carbocycles. The van der Waals surface area contributed by atoms with Crippen molar-refractivity contribution >= 4 is 10.0 Å². The van der Waals surface area contributed by atoms with E-state index in [4.69, 9.17) is 0 Å². The summed E-state index contributed by atoms with van der Waals surface area (Å²) < 4.78 is 29.1. The van der Waals surface area contributed by atoms with Gasteiger partial charge < -0.3 is 0 Å². The van der Waals surface area contributed by atoms with E-state index in [2.05, 4.69) is 22.4 Å². The Balaban J connectivity index is 1.54. The molecule has 4 rings (SSSR count). The normalized spacial score (nSPS) is 18.3. The summed E-state index contributed by atoms with van der Waals surface area (Å²) >= 11 is 0. The van der Waals surface area contributed by atoms with Crippen LogP contribution in [0.1, 0.15) is 18.0 Å². The maximum absolute atomic E-state index is 12.9. The van der Waals surface area contributed by atoms with Crippen molar-refractivity contribution in [3.8, 4) is 11.1 Å². The van der Waals surface area contributed by atoms with E-state index in [9.17, 15) is 8.42 Å². The Bertz CT molecular complexity index is 981. The number of rotatable bonds is 4. The van der Waals surface area contributed by atoms with Crippen molar-refractivity contribution < 1.29 is 8.42 Å². The summed E-state index contributed by atoms with van der Waals surface area (Å²) in [6, 6.07) is 15.3. The van der Waals surface area contributed by atoms with Crippen LogP contribution >= 0.6 is 0 Å². The molecule has 26 heavy (non-hydrogen) atoms. The minimum absolute atomic E-state index is 0.0408. The summed E-state index contributed by atoms with van der Waals surface area (Å²) in [5.41, 5.74) is 3.28. The first-order valence-electron chi connectivity index (χ1n) is 8.57. The smallest absolute Gasteiger partial charge is 0.243 e. The molecule has 1 aliphatic heterocycles. The van der Waals surface area contributed by atoms with Gasteiger partial charge in [0.25, 0.3) is 0 Å². The van der Waals surface area contributed by atoms with Gasteiger partial charge >= 0.3 is 0 Å². The maximum Gasteiger partial charge on any atom is 0.243 e. The van der Waals surface area contributed by atoms with Crippen LogP contribution in [-0.2, 0) is 10.0 Å². The van der Waals surface area contributed by atoms with Crippen LogP contribution in [-0.4, -0.2) is 40.8 Å². The van der Waals surface area contributed by atoms with E-state index >= 15 is 0 Å². The Labute approximate surface area is 153 Å². The summed E-state index contributed by atoms with van der Waals surface area (Å²) in [5, 5.41) is 7.79. The van der Waals surface area contributed by atoms with E-state index < -0.39 is 10.0 Å². The standard InChI is InChI=1S/C19H20N4O2S/c1-15-2-4-16(5-3-15)17-6-8-19(9-7-17)26(24,25)22-12-10-18(14-22)23-13-11-20-21-23/h2-9,11,13,18H,10,12,14H2,1H3. The quantitative estimate of drug-likeness (QED) is 0.710. The molecular formula is C19H20N4O2S. The van der Waals surface area contributed by atoms with E-state index in [1.54, 1.807) is 29.2 Å². The van der Waals surface area contributed by atoms with Crippen LogP contribution in [0.5, 0.6) is 0 Å². The Morgan fingerprint density at radius 2 is 1.65 bits per heavy atom. The number of aromatic nitrogens is 3. The van der Waals surface area contributed by atoms with Gasteiger partial charge in [-0.1, -0.05) is 47.2 Å². The second-order valence-electron chi connectivity index (χ2n) is 6.58. The molecule has 2 aromatic carbocycles. The first kappa shape index (κ1) is 16.9. The van der Waals surface area contributed by atoms with Gasteiger partial charge in [0.2, 0.25) is 10.0 Å². The molecule has 1 aliphatic rings. The Kier molecular flexibility index (Phi) is 4.34. The van der Waals surface area contributed by atoms with E-state index in [1.165, 1.54) is 9.87 Å². The molecule has 1 unspecified atom stereocenters. The van der Waals surface area contributed by atoms with Crippen molar-refractivity contribution in [3.63, 3.8) is 0 Å². The van der Waals surface area contributed by atoms with Crippen LogP contribution in [0.15, 0.2) is 65.8 Å². The average Bonchev–Trinajstić information content (AvgIpc) is 3.34. The van der Waals surface area contributed by atoms with Gasteiger partial charge in [-0.3, -0.25) is 0 Å². The van der Waals surface area contributed by atoms with Crippen molar-refractivity contribution in [2.45, 2.75) is 24.3 Å². The number of aryl methyl sites for hydroxylation is 1. The molecule has 0 radical (unpaired) electrons. The minimum atomic E-state index is -3.50. The van der Waals surface area contributed by atoms with Crippen LogP contribution in [0.25, 0.3) is 11.1 Å². The number of nitrogens with zero attached hydrogens (tertiary/aromatic N) is 4. The molecule has 0 spiro atoms. The maximum atomic E-state index is 12.9. The fraction of sp³-hybridized carbons (Fsp3) is 0.263. The molecule has 0 aliphatic carbocycles. The molecule has 7 heteroatoms. The lowest BCUT2D eigenvalue weighted by molar-refractivity contribution is 0.428. The molecule has 134 valence electrons. The van der Waals surface area contributed by atoms with Crippen molar-refractivity contribution in [1.82, 2.24) is 19.3 Å². The van der Waals surface area contributed by atoms with E-state index in [0.29, 0.717) is 18.0 Å². The van der Waals surface area contributed by atoms with E-state index in [0.717, 1.165) is 17.5 Å². The number of hydrogen-bond donors (Lipinski definition) is 0. The SMILES string of the molecule is Cc1ccc(-c2ccc(S(=O)(=O)N3CCC(n4ccnn4)C3)cc2)cc1. The van der Waals surface area contributed by atoms with Gasteiger partial charge in [-0.25, -0.2) is 13.1 Å². The summed E-state index contributed by atoms with van der Waals surface area (Å²) in [6.07, 6.45) is 4.13. The van der Waals surface area contributed by atoms with Crippen LogP contribution < -0.4 is 0 Å². The average molecular weight is 368 g/mol. The van der Waals surface area contributed by atoms with Gasteiger partial charge in [0.15, 0.2) is 0 Å². The zero-order valence-electron chi connectivity index (χ0n) is 14.5. The molecule has 1 aromatic heterocycles. The molecule has 1 saturated heterocycles. The molecule has 0 amide bonds. The zero-order valence-corrected chi connectivity index (χ0v) is 15.3. The molecule has 1 fully saturated rings. The Morgan fingerprint density at radius 3 is 2.27 bits per heavy atom. The van der Waals surface area contributed by atoms with Gasteiger partial charge in [0, 0.05) is 19.3 Å². The summed E-state index contributed by atoms with van der Waals surface area (Å²) in [4.78, 5) is 0.326. The third-order valence-corrected chi connectivity index (χ3v) is 6.70. The third-order valence-electron chi connectivity index (χ3n) is 4.82. The van der Waals surface area contributed by atoms with Gasteiger partial charge in [-0.2, -0.15) is 4.31 Å². The van der Waals surface area contributed by atoms with Crippen LogP contribution in [0.4, 0.5) is 0 Å². The number of benzene rings is 2. The van der Waals surface area contributed by atoms with Gasteiger partial charge in [-0.15, -0.1) is 5.10 Å². The Hall–Kier alpha value is -2.51. The van der Waals surface area contributed by atoms with Crippen molar-refractivity contribution in [3.05, 3.63) is 66.5 Å². The molecule has 0 N–H and O–H groups in total. The molecule has 0 bridgehead atoms. The van der Waals surface area contributed by atoms with Gasteiger partial charge in [0.05, 0.1) is 17.1 Å². The predicted octanol–water partition coefficient (Wildman–Crippen LogP) is 2.89. The van der Waals surface area contributed by atoms with Crippen LogP contribution in [0, 0.1) is 6.92 Å². The third kappa shape index (κ3) is 3.15. The second kappa shape index (κ2) is 6.66. The molecule has 1 atom stereocenters. The van der Waals surface area contributed by atoms with Crippen molar-refractivity contribution in [2.24, 2.45) is 0 Å². The summed E-state index contributed by atoms with van der Waals surface area (Å²) in [7, 11) is -3.50. The lowest BCUT2D eigenvalue weighted by atomic mass is 10.0. The minimum Gasteiger partial charge on any atom is -0.248 e. The largest absolute Gasteiger partial charge is 0.248 e. The molecule has 3 aromatic rings. The van der Waals surface area contributed by atoms with Gasteiger partial charge in [0.1, 0.15) is 0 Å². The fourth-order valence-electron chi connectivity index (χ4n) is 3.27. The van der Waals surface area contributed by atoms with Crippen LogP contribution in [0.3, 0.4) is 0 Å². The zero-order chi connectivity index (χ0) is 18.1. The van der Waals surface area contributed by atoms with Crippen molar-refractivity contribution in [1.29, 1.82) is 0 Å². The van der Waals surface area contributed by atoms with Crippen LogP contribution in [0.2, 0.25) is 0 Å². The van der Waals surface area contributed by atoms with E-state index in [-0.39, 0.29) is 6.04 Å². The highest BCUT2D eigenvalue weighted by atomic mass is 32.2. The second-order valence-corrected chi connectivity index (χ2v) is 8.52. The number of hydrogen-bond acceptors (Lipinski definition) is 4. The lowest BCUT2D eigenvalue weighted by Gasteiger charge is -2.17. The Morgan fingerprint density at radius 1 is 1.00 bits per heavy atom. The topological polar surface area (TPSA) is 68.1 Å². The van der Waals surface area contributed by atoms with Gasteiger partial charge in [-0.05, 0) is 36.6 Å². The fourth-order valence-corrected chi connectivity index (χ4v) is 4.76. The highest BCUT2D eigenvalue weighted by molar-refractivity contribution is 7.89. The predicted molar refractivity (Wildman–Crippen MR) is 99.0 cm³/mol. The summed E-state index contributed by atoms with van der Waals surface area (Å²) in [6.45, 7) is 2.96. The highest BCUT2D eigenvalue weighted by Crippen LogP contribution is 2.28.